The van der Waals surface area contributed by atoms with E-state index in [1.165, 1.54) is 36.3 Å². The van der Waals surface area contributed by atoms with Crippen molar-refractivity contribution in [1.82, 2.24) is 0 Å². The molecule has 2 rings (SSSR count). The fraction of sp³-hybridized carbons (Fsp3) is 0.571. The minimum Gasteiger partial charge on any atom is -0.125 e. The van der Waals surface area contributed by atoms with Gasteiger partial charge in [0.2, 0.25) is 0 Å². The van der Waals surface area contributed by atoms with E-state index in [2.05, 4.69) is 38.1 Å². The number of hydrogen-bond donors (Lipinski definition) is 0. The fourth-order valence-corrected chi connectivity index (χ4v) is 4.07. The lowest BCUT2D eigenvalue weighted by Crippen LogP contribution is -2.24. The zero-order valence-electron chi connectivity index (χ0n) is 9.75. The van der Waals surface area contributed by atoms with Crippen LogP contribution in [0.25, 0.3) is 0 Å². The highest BCUT2D eigenvalue weighted by atomic mass is 32.2. The molecule has 1 aromatic carbocycles. The summed E-state index contributed by atoms with van der Waals surface area (Å²) in [6.45, 7) is 4.63. The molecule has 82 valence electrons. The lowest BCUT2D eigenvalue weighted by atomic mass is 9.76. The van der Waals surface area contributed by atoms with Gasteiger partial charge in [-0.1, -0.05) is 44.9 Å². The summed E-state index contributed by atoms with van der Waals surface area (Å²) in [7, 11) is 0. The Labute approximate surface area is 97.5 Å². The maximum Gasteiger partial charge on any atom is 0.0110 e. The fourth-order valence-electron chi connectivity index (χ4n) is 2.52. The summed E-state index contributed by atoms with van der Waals surface area (Å²) in [5.41, 5.74) is 2.10. The Morgan fingerprint density at radius 1 is 1.27 bits per heavy atom. The van der Waals surface area contributed by atoms with E-state index in [0.717, 1.165) is 0 Å². The van der Waals surface area contributed by atoms with Crippen molar-refractivity contribution >= 4 is 11.8 Å². The van der Waals surface area contributed by atoms with Crippen molar-refractivity contribution < 1.29 is 0 Å². The minimum atomic E-state index is 0.483. The monoisotopic (exact) mass is 220 g/mol. The van der Waals surface area contributed by atoms with Crippen LogP contribution < -0.4 is 0 Å². The Kier molecular flexibility index (Phi) is 3.40. The predicted octanol–water partition coefficient (Wildman–Crippen LogP) is 4.63. The number of thioether (sulfide) groups is 1. The highest BCUT2D eigenvalue weighted by Crippen LogP contribution is 2.48. The van der Waals surface area contributed by atoms with E-state index in [1.54, 1.807) is 5.56 Å². The summed E-state index contributed by atoms with van der Waals surface area (Å²) in [4.78, 5) is 1.52. The van der Waals surface area contributed by atoms with Crippen LogP contribution in [0.15, 0.2) is 29.2 Å². The molecule has 1 heterocycles. The van der Waals surface area contributed by atoms with Crippen LogP contribution in [0.2, 0.25) is 0 Å². The Morgan fingerprint density at radius 3 is 2.80 bits per heavy atom. The van der Waals surface area contributed by atoms with E-state index in [0.29, 0.717) is 5.41 Å². The third-order valence-corrected chi connectivity index (χ3v) is 5.01. The molecule has 0 bridgehead atoms. The van der Waals surface area contributed by atoms with Crippen molar-refractivity contribution in [2.24, 2.45) is 0 Å². The largest absolute Gasteiger partial charge is 0.125 e. The molecule has 0 aromatic heterocycles. The summed E-state index contributed by atoms with van der Waals surface area (Å²) in [5, 5.41) is 0. The molecule has 0 aliphatic carbocycles. The van der Waals surface area contributed by atoms with Crippen LogP contribution in [-0.2, 0) is 5.41 Å². The van der Waals surface area contributed by atoms with Gasteiger partial charge in [0.05, 0.1) is 0 Å². The molecule has 0 saturated carbocycles. The first-order valence-corrected chi connectivity index (χ1v) is 7.03. The molecule has 0 spiro atoms. The molecule has 0 fully saturated rings. The van der Waals surface area contributed by atoms with Crippen LogP contribution in [-0.4, -0.2) is 5.75 Å². The van der Waals surface area contributed by atoms with E-state index < -0.39 is 0 Å². The topological polar surface area (TPSA) is 0 Å². The Hall–Kier alpha value is -0.430. The summed E-state index contributed by atoms with van der Waals surface area (Å²) in [6, 6.07) is 8.98. The van der Waals surface area contributed by atoms with Crippen LogP contribution in [0.5, 0.6) is 0 Å². The lowest BCUT2D eigenvalue weighted by molar-refractivity contribution is 0.413. The third kappa shape index (κ3) is 1.94. The van der Waals surface area contributed by atoms with Gasteiger partial charge in [-0.25, -0.2) is 0 Å². The molecule has 1 atom stereocenters. The van der Waals surface area contributed by atoms with Crippen LogP contribution in [0.3, 0.4) is 0 Å². The molecule has 0 N–H and O–H groups in total. The van der Waals surface area contributed by atoms with Crippen LogP contribution in [0.4, 0.5) is 0 Å². The number of rotatable bonds is 4. The molecule has 0 amide bonds. The SMILES string of the molecule is CCCCC1(CC)CSc2ccccc21. The molecule has 0 radical (unpaired) electrons. The van der Waals surface area contributed by atoms with Gasteiger partial charge in [0.25, 0.3) is 0 Å². The highest BCUT2D eigenvalue weighted by molar-refractivity contribution is 7.99. The van der Waals surface area contributed by atoms with Gasteiger partial charge < -0.3 is 0 Å². The molecular weight excluding hydrogens is 200 g/mol. The molecule has 1 unspecified atom stereocenters. The maximum atomic E-state index is 2.35. The second-order valence-electron chi connectivity index (χ2n) is 4.52. The van der Waals surface area contributed by atoms with Gasteiger partial charge in [0.15, 0.2) is 0 Å². The summed E-state index contributed by atoms with van der Waals surface area (Å²) in [6.07, 6.45) is 5.33. The second-order valence-corrected chi connectivity index (χ2v) is 5.54. The van der Waals surface area contributed by atoms with E-state index in [9.17, 15) is 0 Å². The van der Waals surface area contributed by atoms with Gasteiger partial charge in [0.1, 0.15) is 0 Å². The van der Waals surface area contributed by atoms with E-state index in [4.69, 9.17) is 0 Å². The lowest BCUT2D eigenvalue weighted by Gasteiger charge is -2.28. The highest BCUT2D eigenvalue weighted by Gasteiger charge is 2.36. The van der Waals surface area contributed by atoms with E-state index in [-0.39, 0.29) is 0 Å². The van der Waals surface area contributed by atoms with Gasteiger partial charge in [-0.2, -0.15) is 0 Å². The third-order valence-electron chi connectivity index (χ3n) is 3.65. The molecule has 1 heteroatoms. The molecular formula is C14H20S. The second kappa shape index (κ2) is 4.61. The normalized spacial score (nSPS) is 24.1. The predicted molar refractivity (Wildman–Crippen MR) is 68.7 cm³/mol. The summed E-state index contributed by atoms with van der Waals surface area (Å²) in [5.74, 6) is 1.29. The molecule has 0 nitrogen and oxygen atoms in total. The molecule has 0 saturated heterocycles. The van der Waals surface area contributed by atoms with Gasteiger partial charge in [-0.05, 0) is 24.5 Å². The van der Waals surface area contributed by atoms with E-state index in [1.807, 2.05) is 11.8 Å². The van der Waals surface area contributed by atoms with Crippen molar-refractivity contribution in [1.29, 1.82) is 0 Å². The van der Waals surface area contributed by atoms with Crippen molar-refractivity contribution in [3.05, 3.63) is 29.8 Å². The molecule has 15 heavy (non-hydrogen) atoms. The maximum absolute atomic E-state index is 2.35. The zero-order chi connectivity index (χ0) is 10.7. The first kappa shape index (κ1) is 11.1. The Balaban J connectivity index is 2.28. The minimum absolute atomic E-state index is 0.483. The summed E-state index contributed by atoms with van der Waals surface area (Å²) < 4.78 is 0. The van der Waals surface area contributed by atoms with Crippen LogP contribution >= 0.6 is 11.8 Å². The van der Waals surface area contributed by atoms with Crippen LogP contribution in [0, 0.1) is 0 Å². The molecule has 1 aliphatic heterocycles. The molecule has 1 aromatic rings. The van der Waals surface area contributed by atoms with Gasteiger partial charge >= 0.3 is 0 Å². The van der Waals surface area contributed by atoms with Gasteiger partial charge in [-0.3, -0.25) is 0 Å². The number of benzene rings is 1. The average molecular weight is 220 g/mol. The van der Waals surface area contributed by atoms with Crippen LogP contribution in [0.1, 0.15) is 45.1 Å². The van der Waals surface area contributed by atoms with Crippen molar-refractivity contribution in [3.63, 3.8) is 0 Å². The first-order chi connectivity index (χ1) is 7.32. The Morgan fingerprint density at radius 2 is 2.07 bits per heavy atom. The number of fused-ring (bicyclic) bond motifs is 1. The van der Waals surface area contributed by atoms with Crippen molar-refractivity contribution in [2.75, 3.05) is 5.75 Å². The van der Waals surface area contributed by atoms with Gasteiger partial charge in [0, 0.05) is 16.1 Å². The first-order valence-electron chi connectivity index (χ1n) is 6.05. The number of hydrogen-bond acceptors (Lipinski definition) is 1. The smallest absolute Gasteiger partial charge is 0.0110 e. The zero-order valence-corrected chi connectivity index (χ0v) is 10.6. The quantitative estimate of drug-likeness (QED) is 0.713. The Bertz CT molecular complexity index is 332. The summed E-state index contributed by atoms with van der Waals surface area (Å²) >= 11 is 2.05. The van der Waals surface area contributed by atoms with Crippen molar-refractivity contribution in [2.45, 2.75) is 49.8 Å². The average Bonchev–Trinajstić information content (AvgIpc) is 2.66. The molecule has 1 aliphatic rings. The van der Waals surface area contributed by atoms with Crippen molar-refractivity contribution in [3.8, 4) is 0 Å². The number of unbranched alkanes of at least 4 members (excludes halogenated alkanes) is 1. The van der Waals surface area contributed by atoms with Gasteiger partial charge in [-0.15, -0.1) is 11.8 Å². The standard InChI is InChI=1S/C14H20S/c1-3-5-10-14(4-2)11-15-13-9-7-6-8-12(13)14/h6-9H,3-5,10-11H2,1-2H3. The van der Waals surface area contributed by atoms with E-state index >= 15 is 0 Å².